The molecule has 1 aliphatic heterocycles. The van der Waals surface area contributed by atoms with Crippen LogP contribution in [0.5, 0.6) is 0 Å². The SMILES string of the molecule is O=C(/C=C/c1ccccc1)N1CCCN(c2nc3ccccc3s2)C1C(Cl)(Cl)Cl. The average Bonchev–Trinajstić information content (AvgIpc) is 3.16. The van der Waals surface area contributed by atoms with E-state index in [2.05, 4.69) is 0 Å². The molecule has 1 atom stereocenters. The van der Waals surface area contributed by atoms with Gasteiger partial charge in [-0.05, 0) is 30.2 Å². The molecule has 0 aliphatic carbocycles. The topological polar surface area (TPSA) is 36.4 Å². The number of aromatic nitrogens is 1. The van der Waals surface area contributed by atoms with Crippen LogP contribution in [0, 0.1) is 0 Å². The van der Waals surface area contributed by atoms with E-state index in [-0.39, 0.29) is 5.91 Å². The van der Waals surface area contributed by atoms with E-state index in [4.69, 9.17) is 39.8 Å². The van der Waals surface area contributed by atoms with Gasteiger partial charge in [0.25, 0.3) is 0 Å². The molecule has 1 fully saturated rings. The predicted molar refractivity (Wildman–Crippen MR) is 123 cm³/mol. The summed E-state index contributed by atoms with van der Waals surface area (Å²) in [5.41, 5.74) is 1.83. The van der Waals surface area contributed by atoms with Gasteiger partial charge in [-0.1, -0.05) is 88.6 Å². The second-order valence-corrected chi connectivity index (χ2v) is 10.1. The van der Waals surface area contributed by atoms with Crippen molar-refractivity contribution >= 4 is 73.5 Å². The molecule has 3 aromatic rings. The molecular weight excluding hydrogens is 449 g/mol. The van der Waals surface area contributed by atoms with Crippen molar-refractivity contribution in [1.82, 2.24) is 9.88 Å². The second-order valence-electron chi connectivity index (χ2n) is 6.70. The Hall–Kier alpha value is -1.79. The van der Waals surface area contributed by atoms with Gasteiger partial charge in [-0.25, -0.2) is 4.98 Å². The van der Waals surface area contributed by atoms with E-state index in [0.717, 1.165) is 27.3 Å². The van der Waals surface area contributed by atoms with Gasteiger partial charge in [0.2, 0.25) is 9.70 Å². The Morgan fingerprint density at radius 1 is 1.07 bits per heavy atom. The van der Waals surface area contributed by atoms with Crippen LogP contribution in [0.4, 0.5) is 5.13 Å². The molecule has 1 saturated heterocycles. The molecule has 0 spiro atoms. The molecule has 1 unspecified atom stereocenters. The van der Waals surface area contributed by atoms with E-state index < -0.39 is 9.96 Å². The highest BCUT2D eigenvalue weighted by atomic mass is 35.6. The number of hydrogen-bond donors (Lipinski definition) is 0. The fourth-order valence-electron chi connectivity index (χ4n) is 3.42. The number of nitrogens with zero attached hydrogens (tertiary/aromatic N) is 3. The lowest BCUT2D eigenvalue weighted by molar-refractivity contribution is -0.129. The van der Waals surface area contributed by atoms with Gasteiger partial charge in [0.1, 0.15) is 0 Å². The number of halogens is 3. The number of hydrogen-bond acceptors (Lipinski definition) is 4. The zero-order valence-electron chi connectivity index (χ0n) is 15.3. The highest BCUT2D eigenvalue weighted by Gasteiger charge is 2.46. The highest BCUT2D eigenvalue weighted by Crippen LogP contribution is 2.41. The van der Waals surface area contributed by atoms with E-state index in [0.29, 0.717) is 13.1 Å². The standard InChI is InChI=1S/C21H18Cl3N3OS/c22-21(23,24)19-26(18(28)12-11-15-7-2-1-3-8-15)13-6-14-27(19)20-25-16-9-4-5-10-17(16)29-20/h1-5,7-12,19H,6,13-14H2/b12-11+. The maximum absolute atomic E-state index is 13.0. The first-order chi connectivity index (χ1) is 13.9. The molecular formula is C21H18Cl3N3OS. The Morgan fingerprint density at radius 2 is 1.79 bits per heavy atom. The van der Waals surface area contributed by atoms with E-state index in [9.17, 15) is 4.79 Å². The summed E-state index contributed by atoms with van der Waals surface area (Å²) in [5.74, 6) is -0.198. The first kappa shape index (κ1) is 20.5. The van der Waals surface area contributed by atoms with Crippen molar-refractivity contribution in [1.29, 1.82) is 0 Å². The number of para-hydroxylation sites is 1. The summed E-state index contributed by atoms with van der Waals surface area (Å²) >= 11 is 20.6. The Labute approximate surface area is 188 Å². The number of carbonyl (C=O) groups is 1. The molecule has 0 radical (unpaired) electrons. The van der Waals surface area contributed by atoms with Gasteiger partial charge in [0, 0.05) is 19.2 Å². The molecule has 150 valence electrons. The lowest BCUT2D eigenvalue weighted by Crippen LogP contribution is -2.61. The molecule has 0 bridgehead atoms. The monoisotopic (exact) mass is 465 g/mol. The summed E-state index contributed by atoms with van der Waals surface area (Å²) in [7, 11) is 0. The van der Waals surface area contributed by atoms with Crippen LogP contribution >= 0.6 is 46.1 Å². The van der Waals surface area contributed by atoms with Crippen molar-refractivity contribution in [2.24, 2.45) is 0 Å². The number of thiazole rings is 1. The molecule has 1 aromatic heterocycles. The van der Waals surface area contributed by atoms with Crippen molar-refractivity contribution in [3.05, 3.63) is 66.2 Å². The number of fused-ring (bicyclic) bond motifs is 1. The Bertz CT molecular complexity index is 999. The summed E-state index contributed by atoms with van der Waals surface area (Å²) in [6, 6.07) is 17.5. The molecule has 1 aliphatic rings. The van der Waals surface area contributed by atoms with Crippen molar-refractivity contribution in [3.8, 4) is 0 Å². The summed E-state index contributed by atoms with van der Waals surface area (Å²) in [4.78, 5) is 21.2. The fourth-order valence-corrected chi connectivity index (χ4v) is 5.14. The van der Waals surface area contributed by atoms with Crippen LogP contribution in [0.2, 0.25) is 0 Å². The number of rotatable bonds is 3. The van der Waals surface area contributed by atoms with Gasteiger partial charge in [0.15, 0.2) is 11.3 Å². The molecule has 29 heavy (non-hydrogen) atoms. The minimum Gasteiger partial charge on any atom is -0.323 e. The second kappa shape index (κ2) is 8.52. The fraction of sp³-hybridized carbons (Fsp3) is 0.238. The van der Waals surface area contributed by atoms with E-state index in [1.807, 2.05) is 59.5 Å². The molecule has 0 saturated carbocycles. The minimum atomic E-state index is -1.69. The number of carbonyl (C=O) groups excluding carboxylic acids is 1. The van der Waals surface area contributed by atoms with Crippen LogP contribution in [0.3, 0.4) is 0 Å². The quantitative estimate of drug-likeness (QED) is 0.364. The lowest BCUT2D eigenvalue weighted by atomic mass is 10.2. The summed E-state index contributed by atoms with van der Waals surface area (Å²) in [5, 5.41) is 0.743. The highest BCUT2D eigenvalue weighted by molar-refractivity contribution is 7.22. The zero-order valence-corrected chi connectivity index (χ0v) is 18.4. The Balaban J connectivity index is 1.64. The van der Waals surface area contributed by atoms with Gasteiger partial charge < -0.3 is 9.80 Å². The molecule has 0 N–H and O–H groups in total. The Kier molecular flexibility index (Phi) is 6.02. The third-order valence-electron chi connectivity index (χ3n) is 4.71. The smallest absolute Gasteiger partial charge is 0.248 e. The molecule has 4 nitrogen and oxygen atoms in total. The first-order valence-electron chi connectivity index (χ1n) is 9.16. The van der Waals surface area contributed by atoms with Crippen LogP contribution < -0.4 is 4.90 Å². The molecule has 4 rings (SSSR count). The maximum Gasteiger partial charge on any atom is 0.248 e. The minimum absolute atomic E-state index is 0.198. The van der Waals surface area contributed by atoms with Gasteiger partial charge in [0.05, 0.1) is 10.2 Å². The lowest BCUT2D eigenvalue weighted by Gasteiger charge is -2.46. The van der Waals surface area contributed by atoms with Gasteiger partial charge in [-0.3, -0.25) is 4.79 Å². The van der Waals surface area contributed by atoms with Crippen LogP contribution in [-0.2, 0) is 4.79 Å². The van der Waals surface area contributed by atoms with Crippen LogP contribution in [0.15, 0.2) is 60.7 Å². The summed E-state index contributed by atoms with van der Waals surface area (Å²) in [6.45, 7) is 1.17. The van der Waals surface area contributed by atoms with Crippen LogP contribution in [0.25, 0.3) is 16.3 Å². The molecule has 1 amide bonds. The molecule has 2 aromatic carbocycles. The van der Waals surface area contributed by atoms with Crippen molar-refractivity contribution in [3.63, 3.8) is 0 Å². The van der Waals surface area contributed by atoms with Crippen LogP contribution in [-0.4, -0.2) is 38.8 Å². The Morgan fingerprint density at radius 3 is 2.52 bits per heavy atom. The van der Waals surface area contributed by atoms with Crippen molar-refractivity contribution in [2.75, 3.05) is 18.0 Å². The summed E-state index contributed by atoms with van der Waals surface area (Å²) < 4.78 is -0.632. The van der Waals surface area contributed by atoms with Gasteiger partial charge in [-0.2, -0.15) is 0 Å². The molecule has 2 heterocycles. The van der Waals surface area contributed by atoms with Crippen LogP contribution in [0.1, 0.15) is 12.0 Å². The first-order valence-corrected chi connectivity index (χ1v) is 11.1. The van der Waals surface area contributed by atoms with E-state index in [1.165, 1.54) is 17.4 Å². The van der Waals surface area contributed by atoms with Crippen molar-refractivity contribution < 1.29 is 4.79 Å². The van der Waals surface area contributed by atoms with E-state index >= 15 is 0 Å². The predicted octanol–water partition coefficient (Wildman–Crippen LogP) is 5.74. The third kappa shape index (κ3) is 4.53. The van der Waals surface area contributed by atoms with Crippen molar-refractivity contribution in [2.45, 2.75) is 16.4 Å². The summed E-state index contributed by atoms with van der Waals surface area (Å²) in [6.07, 6.45) is 3.32. The third-order valence-corrected chi connectivity index (χ3v) is 6.37. The maximum atomic E-state index is 13.0. The number of amides is 1. The average molecular weight is 467 g/mol. The van der Waals surface area contributed by atoms with E-state index in [1.54, 1.807) is 11.0 Å². The normalized spacial score (nSPS) is 18.0. The number of alkyl halides is 3. The van der Waals surface area contributed by atoms with Gasteiger partial charge in [-0.15, -0.1) is 0 Å². The molecule has 8 heteroatoms. The van der Waals surface area contributed by atoms with Gasteiger partial charge >= 0.3 is 0 Å². The largest absolute Gasteiger partial charge is 0.323 e. The zero-order chi connectivity index (χ0) is 20.4. The number of anilines is 1. The number of benzene rings is 2.